The van der Waals surface area contributed by atoms with Crippen LogP contribution in [0, 0.1) is 0 Å². The first kappa shape index (κ1) is 18.6. The van der Waals surface area contributed by atoms with Crippen LogP contribution in [-0.2, 0) is 11.2 Å². The SMILES string of the molecule is CC(C)N(CCNC(=O)CCc1nc(-c2cccs2)no1)C(C)C. The Morgan fingerprint density at radius 2 is 2.08 bits per heavy atom. The summed E-state index contributed by atoms with van der Waals surface area (Å²) < 4.78 is 5.20. The summed E-state index contributed by atoms with van der Waals surface area (Å²) in [6.07, 6.45) is 0.817. The van der Waals surface area contributed by atoms with Crippen LogP contribution in [0.25, 0.3) is 10.7 Å². The zero-order chi connectivity index (χ0) is 17.5. The first-order valence-corrected chi connectivity index (χ1v) is 9.24. The minimum atomic E-state index is 0.0123. The Morgan fingerprint density at radius 3 is 2.71 bits per heavy atom. The summed E-state index contributed by atoms with van der Waals surface area (Å²) in [6, 6.07) is 4.83. The van der Waals surface area contributed by atoms with E-state index >= 15 is 0 Å². The molecule has 0 aliphatic rings. The van der Waals surface area contributed by atoms with Crippen molar-refractivity contribution in [2.24, 2.45) is 0 Å². The molecule has 1 N–H and O–H groups in total. The van der Waals surface area contributed by atoms with E-state index in [0.717, 1.165) is 11.4 Å². The second kappa shape index (κ2) is 8.94. The highest BCUT2D eigenvalue weighted by molar-refractivity contribution is 7.13. The highest BCUT2D eigenvalue weighted by Gasteiger charge is 2.14. The number of thiophene rings is 1. The number of hydrogen-bond acceptors (Lipinski definition) is 6. The van der Waals surface area contributed by atoms with E-state index in [-0.39, 0.29) is 5.91 Å². The lowest BCUT2D eigenvalue weighted by Gasteiger charge is -2.30. The molecule has 2 heterocycles. The molecule has 0 radical (unpaired) electrons. The van der Waals surface area contributed by atoms with Gasteiger partial charge in [-0.25, -0.2) is 0 Å². The lowest BCUT2D eigenvalue weighted by molar-refractivity contribution is -0.121. The van der Waals surface area contributed by atoms with Crippen LogP contribution in [-0.4, -0.2) is 46.1 Å². The van der Waals surface area contributed by atoms with Crippen LogP contribution in [0.5, 0.6) is 0 Å². The van der Waals surface area contributed by atoms with E-state index in [0.29, 0.717) is 43.2 Å². The van der Waals surface area contributed by atoms with Crippen molar-refractivity contribution in [1.82, 2.24) is 20.4 Å². The van der Waals surface area contributed by atoms with Gasteiger partial charge in [-0.1, -0.05) is 11.2 Å². The molecule has 0 bridgehead atoms. The second-order valence-electron chi connectivity index (χ2n) is 6.26. The molecule has 0 atom stereocenters. The Labute approximate surface area is 147 Å². The van der Waals surface area contributed by atoms with Crippen LogP contribution in [0.3, 0.4) is 0 Å². The van der Waals surface area contributed by atoms with Crippen LogP contribution >= 0.6 is 11.3 Å². The molecule has 0 fully saturated rings. The van der Waals surface area contributed by atoms with Crippen molar-refractivity contribution in [2.75, 3.05) is 13.1 Å². The van der Waals surface area contributed by atoms with E-state index < -0.39 is 0 Å². The third-order valence-electron chi connectivity index (χ3n) is 3.79. The van der Waals surface area contributed by atoms with Gasteiger partial charge in [0.1, 0.15) is 0 Å². The maximum atomic E-state index is 12.0. The molecule has 2 aromatic heterocycles. The average molecular weight is 350 g/mol. The first-order valence-electron chi connectivity index (χ1n) is 8.36. The Kier molecular flexibility index (Phi) is 6.93. The monoisotopic (exact) mass is 350 g/mol. The Balaban J connectivity index is 1.72. The van der Waals surface area contributed by atoms with Gasteiger partial charge < -0.3 is 9.84 Å². The number of rotatable bonds is 9. The molecule has 132 valence electrons. The van der Waals surface area contributed by atoms with Crippen molar-refractivity contribution in [3.05, 3.63) is 23.4 Å². The molecule has 2 aromatic rings. The Hall–Kier alpha value is -1.73. The fourth-order valence-electron chi connectivity index (χ4n) is 2.61. The molecular weight excluding hydrogens is 324 g/mol. The largest absolute Gasteiger partial charge is 0.355 e. The highest BCUT2D eigenvalue weighted by Crippen LogP contribution is 2.21. The standard InChI is InChI=1S/C17H26N4O2S/c1-12(2)21(13(3)4)10-9-18-15(22)7-8-16-19-17(20-23-16)14-6-5-11-24-14/h5-6,11-13H,7-10H2,1-4H3,(H,18,22). The average Bonchev–Trinajstić information content (AvgIpc) is 3.19. The van der Waals surface area contributed by atoms with E-state index in [1.54, 1.807) is 11.3 Å². The lowest BCUT2D eigenvalue weighted by atomic mass is 10.2. The molecule has 24 heavy (non-hydrogen) atoms. The minimum Gasteiger partial charge on any atom is -0.355 e. The Bertz CT molecular complexity index is 614. The summed E-state index contributed by atoms with van der Waals surface area (Å²) in [7, 11) is 0. The van der Waals surface area contributed by atoms with E-state index in [1.807, 2.05) is 17.5 Å². The summed E-state index contributed by atoms with van der Waals surface area (Å²) >= 11 is 1.56. The van der Waals surface area contributed by atoms with E-state index in [1.165, 1.54) is 0 Å². The zero-order valence-electron chi connectivity index (χ0n) is 14.8. The summed E-state index contributed by atoms with van der Waals surface area (Å²) in [5.41, 5.74) is 0. The molecule has 2 rings (SSSR count). The van der Waals surface area contributed by atoms with Gasteiger partial charge in [0.05, 0.1) is 4.88 Å². The zero-order valence-corrected chi connectivity index (χ0v) is 15.6. The number of nitrogens with one attached hydrogen (secondary N) is 1. The first-order chi connectivity index (χ1) is 11.5. The van der Waals surface area contributed by atoms with Crippen molar-refractivity contribution >= 4 is 17.2 Å². The molecule has 0 saturated carbocycles. The van der Waals surface area contributed by atoms with Gasteiger partial charge in [0.15, 0.2) is 0 Å². The fraction of sp³-hybridized carbons (Fsp3) is 0.588. The molecule has 1 amide bonds. The molecule has 0 spiro atoms. The van der Waals surface area contributed by atoms with Gasteiger partial charge in [-0.3, -0.25) is 9.69 Å². The number of carbonyl (C=O) groups excluding carboxylic acids is 1. The lowest BCUT2D eigenvalue weighted by Crippen LogP contribution is -2.42. The maximum Gasteiger partial charge on any atom is 0.227 e. The van der Waals surface area contributed by atoms with Gasteiger partial charge in [0, 0.05) is 38.0 Å². The fourth-order valence-corrected chi connectivity index (χ4v) is 3.26. The second-order valence-corrected chi connectivity index (χ2v) is 7.21. The Morgan fingerprint density at radius 1 is 1.33 bits per heavy atom. The van der Waals surface area contributed by atoms with Gasteiger partial charge in [0.2, 0.25) is 17.6 Å². The molecule has 0 aliphatic carbocycles. The predicted molar refractivity (Wildman–Crippen MR) is 95.9 cm³/mol. The van der Waals surface area contributed by atoms with Gasteiger partial charge in [-0.2, -0.15) is 4.98 Å². The third kappa shape index (κ3) is 5.42. The predicted octanol–water partition coefficient (Wildman–Crippen LogP) is 2.97. The van der Waals surface area contributed by atoms with Crippen molar-refractivity contribution in [3.8, 4) is 10.7 Å². The molecule has 0 aliphatic heterocycles. The topological polar surface area (TPSA) is 71.3 Å². The number of nitrogens with zero attached hydrogens (tertiary/aromatic N) is 3. The van der Waals surface area contributed by atoms with Crippen LogP contribution in [0.2, 0.25) is 0 Å². The van der Waals surface area contributed by atoms with Crippen LogP contribution in [0.15, 0.2) is 22.0 Å². The van der Waals surface area contributed by atoms with Crippen molar-refractivity contribution in [2.45, 2.75) is 52.6 Å². The quantitative estimate of drug-likeness (QED) is 0.753. The van der Waals surface area contributed by atoms with Gasteiger partial charge in [-0.05, 0) is 39.1 Å². The van der Waals surface area contributed by atoms with Gasteiger partial charge >= 0.3 is 0 Å². The minimum absolute atomic E-state index is 0.0123. The molecule has 6 nitrogen and oxygen atoms in total. The van der Waals surface area contributed by atoms with Crippen LogP contribution < -0.4 is 5.32 Å². The molecule has 0 saturated heterocycles. The van der Waals surface area contributed by atoms with Crippen LogP contribution in [0.4, 0.5) is 0 Å². The third-order valence-corrected chi connectivity index (χ3v) is 4.66. The number of amides is 1. The van der Waals surface area contributed by atoms with E-state index in [2.05, 4.69) is 48.1 Å². The summed E-state index contributed by atoms with van der Waals surface area (Å²) in [6.45, 7) is 10.2. The smallest absolute Gasteiger partial charge is 0.227 e. The van der Waals surface area contributed by atoms with Gasteiger partial charge in [0.25, 0.3) is 0 Å². The normalized spacial score (nSPS) is 11.6. The molecule has 0 aromatic carbocycles. The number of carbonyl (C=O) groups is 1. The van der Waals surface area contributed by atoms with E-state index in [4.69, 9.17) is 4.52 Å². The van der Waals surface area contributed by atoms with Crippen molar-refractivity contribution in [3.63, 3.8) is 0 Å². The molecular formula is C17H26N4O2S. The highest BCUT2D eigenvalue weighted by atomic mass is 32.1. The van der Waals surface area contributed by atoms with Crippen molar-refractivity contribution in [1.29, 1.82) is 0 Å². The number of aromatic nitrogens is 2. The van der Waals surface area contributed by atoms with Crippen LogP contribution in [0.1, 0.15) is 40.0 Å². The maximum absolute atomic E-state index is 12.0. The number of hydrogen-bond donors (Lipinski definition) is 1. The van der Waals surface area contributed by atoms with Crippen molar-refractivity contribution < 1.29 is 9.32 Å². The summed E-state index contributed by atoms with van der Waals surface area (Å²) in [5.74, 6) is 1.10. The molecule has 0 unspecified atom stereocenters. The molecule has 7 heteroatoms. The summed E-state index contributed by atoms with van der Waals surface area (Å²) in [5, 5.41) is 8.87. The van der Waals surface area contributed by atoms with E-state index in [9.17, 15) is 4.79 Å². The number of aryl methyl sites for hydroxylation is 1. The summed E-state index contributed by atoms with van der Waals surface area (Å²) in [4.78, 5) is 19.6. The van der Waals surface area contributed by atoms with Gasteiger partial charge in [-0.15, -0.1) is 11.3 Å².